The number of amides is 2. The minimum atomic E-state index is -0.936. The van der Waals surface area contributed by atoms with Gasteiger partial charge in [0.05, 0.1) is 12.0 Å². The number of thioether (sulfide) groups is 1. The molecular weight excluding hydrogens is 280 g/mol. The molecule has 1 saturated carbocycles. The molecule has 7 heteroatoms. The van der Waals surface area contributed by atoms with Gasteiger partial charge in [-0.15, -0.1) is 11.8 Å². The van der Waals surface area contributed by atoms with Gasteiger partial charge in [0.25, 0.3) is 0 Å². The lowest BCUT2D eigenvalue weighted by Gasteiger charge is -2.26. The van der Waals surface area contributed by atoms with E-state index in [0.29, 0.717) is 24.8 Å². The molecule has 1 heterocycles. The van der Waals surface area contributed by atoms with Crippen LogP contribution in [0.15, 0.2) is 0 Å². The van der Waals surface area contributed by atoms with Crippen molar-refractivity contribution in [3.05, 3.63) is 0 Å². The Morgan fingerprint density at radius 3 is 2.80 bits per heavy atom. The Morgan fingerprint density at radius 2 is 2.20 bits per heavy atom. The molecular formula is C13H22N2O4S. The van der Waals surface area contributed by atoms with Gasteiger partial charge in [-0.25, -0.2) is 9.59 Å². The van der Waals surface area contributed by atoms with Crippen molar-refractivity contribution in [2.45, 2.75) is 37.6 Å². The van der Waals surface area contributed by atoms with Crippen molar-refractivity contribution >= 4 is 23.8 Å². The SMILES string of the molecule is CCC1SCC(C(=O)O)N1C(=O)NCCOCC1CC1. The molecule has 2 N–H and O–H groups in total. The van der Waals surface area contributed by atoms with E-state index in [0.717, 1.165) is 13.0 Å². The van der Waals surface area contributed by atoms with Crippen LogP contribution < -0.4 is 5.32 Å². The van der Waals surface area contributed by atoms with E-state index in [-0.39, 0.29) is 11.4 Å². The molecule has 0 radical (unpaired) electrons. The van der Waals surface area contributed by atoms with Crippen LogP contribution in [-0.4, -0.2) is 58.9 Å². The number of carbonyl (C=O) groups is 2. The maximum Gasteiger partial charge on any atom is 0.327 e. The second kappa shape index (κ2) is 7.17. The minimum absolute atomic E-state index is 0.0523. The normalized spacial score (nSPS) is 25.8. The number of nitrogens with one attached hydrogen (secondary N) is 1. The summed E-state index contributed by atoms with van der Waals surface area (Å²) in [4.78, 5) is 24.8. The molecule has 20 heavy (non-hydrogen) atoms. The van der Waals surface area contributed by atoms with Crippen LogP contribution in [0.25, 0.3) is 0 Å². The average Bonchev–Trinajstić information content (AvgIpc) is 3.13. The first-order valence-electron chi connectivity index (χ1n) is 7.11. The van der Waals surface area contributed by atoms with E-state index in [1.807, 2.05) is 6.92 Å². The van der Waals surface area contributed by atoms with Crippen molar-refractivity contribution < 1.29 is 19.4 Å². The van der Waals surface area contributed by atoms with E-state index in [2.05, 4.69) is 5.32 Å². The lowest BCUT2D eigenvalue weighted by atomic mass is 10.3. The van der Waals surface area contributed by atoms with E-state index >= 15 is 0 Å². The van der Waals surface area contributed by atoms with Crippen molar-refractivity contribution in [3.63, 3.8) is 0 Å². The van der Waals surface area contributed by atoms with Crippen LogP contribution in [0.2, 0.25) is 0 Å². The summed E-state index contributed by atoms with van der Waals surface area (Å²) >= 11 is 1.52. The molecule has 0 aromatic carbocycles. The Labute approximate surface area is 123 Å². The molecule has 2 fully saturated rings. The molecule has 1 aliphatic heterocycles. The smallest absolute Gasteiger partial charge is 0.327 e. The Hall–Kier alpha value is -0.950. The molecule has 114 valence electrons. The predicted molar refractivity (Wildman–Crippen MR) is 76.7 cm³/mol. The summed E-state index contributed by atoms with van der Waals surface area (Å²) < 4.78 is 5.44. The number of rotatable bonds is 7. The van der Waals surface area contributed by atoms with Gasteiger partial charge in [-0.05, 0) is 25.2 Å². The van der Waals surface area contributed by atoms with E-state index < -0.39 is 12.0 Å². The Morgan fingerprint density at radius 1 is 1.45 bits per heavy atom. The maximum atomic E-state index is 12.1. The van der Waals surface area contributed by atoms with Crippen LogP contribution in [0.3, 0.4) is 0 Å². The largest absolute Gasteiger partial charge is 0.480 e. The van der Waals surface area contributed by atoms with Gasteiger partial charge in [0.1, 0.15) is 6.04 Å². The first-order valence-corrected chi connectivity index (χ1v) is 8.16. The number of urea groups is 1. The average molecular weight is 302 g/mol. The third-order valence-corrected chi connectivity index (χ3v) is 4.99. The van der Waals surface area contributed by atoms with Gasteiger partial charge in [0, 0.05) is 18.9 Å². The Balaban J connectivity index is 1.74. The number of hydrogen-bond acceptors (Lipinski definition) is 4. The second-order valence-electron chi connectivity index (χ2n) is 5.21. The van der Waals surface area contributed by atoms with E-state index in [4.69, 9.17) is 9.84 Å². The molecule has 2 amide bonds. The first-order chi connectivity index (χ1) is 9.63. The van der Waals surface area contributed by atoms with Crippen molar-refractivity contribution in [2.75, 3.05) is 25.5 Å². The standard InChI is InChI=1S/C13H22N2O4S/c1-2-11-15(10(8-20-11)12(16)17)13(18)14-5-6-19-7-9-3-4-9/h9-11H,2-8H2,1H3,(H,14,18)(H,16,17). The third kappa shape index (κ3) is 4.02. The highest BCUT2D eigenvalue weighted by Gasteiger charge is 2.40. The molecule has 2 atom stereocenters. The zero-order chi connectivity index (χ0) is 14.5. The molecule has 0 aromatic rings. The Kier molecular flexibility index (Phi) is 5.54. The molecule has 0 spiro atoms. The van der Waals surface area contributed by atoms with Crippen molar-refractivity contribution in [2.24, 2.45) is 5.92 Å². The molecule has 0 aromatic heterocycles. The van der Waals surface area contributed by atoms with Gasteiger partial charge in [0.2, 0.25) is 0 Å². The summed E-state index contributed by atoms with van der Waals surface area (Å²) in [5.41, 5.74) is 0. The topological polar surface area (TPSA) is 78.9 Å². The fraction of sp³-hybridized carbons (Fsp3) is 0.846. The van der Waals surface area contributed by atoms with Gasteiger partial charge in [-0.1, -0.05) is 6.92 Å². The van der Waals surface area contributed by atoms with Crippen molar-refractivity contribution in [1.29, 1.82) is 0 Å². The van der Waals surface area contributed by atoms with E-state index in [1.165, 1.54) is 29.5 Å². The van der Waals surface area contributed by atoms with Crippen LogP contribution >= 0.6 is 11.8 Å². The van der Waals surface area contributed by atoms with Gasteiger partial charge >= 0.3 is 12.0 Å². The number of ether oxygens (including phenoxy) is 1. The lowest BCUT2D eigenvalue weighted by Crippen LogP contribution is -2.50. The highest BCUT2D eigenvalue weighted by atomic mass is 32.2. The number of aliphatic carboxylic acids is 1. The molecule has 1 saturated heterocycles. The van der Waals surface area contributed by atoms with Crippen LogP contribution in [0.5, 0.6) is 0 Å². The first kappa shape index (κ1) is 15.4. The zero-order valence-electron chi connectivity index (χ0n) is 11.7. The van der Waals surface area contributed by atoms with Crippen molar-refractivity contribution in [1.82, 2.24) is 10.2 Å². The van der Waals surface area contributed by atoms with Crippen LogP contribution in [0.1, 0.15) is 26.2 Å². The third-order valence-electron chi connectivity index (χ3n) is 3.53. The molecule has 2 unspecified atom stereocenters. The van der Waals surface area contributed by atoms with Crippen LogP contribution in [-0.2, 0) is 9.53 Å². The van der Waals surface area contributed by atoms with Gasteiger partial charge in [0.15, 0.2) is 0 Å². The van der Waals surface area contributed by atoms with Crippen molar-refractivity contribution in [3.8, 4) is 0 Å². The Bertz CT molecular complexity index is 362. The molecule has 6 nitrogen and oxygen atoms in total. The molecule has 2 rings (SSSR count). The number of carboxylic acids is 1. The maximum absolute atomic E-state index is 12.1. The lowest BCUT2D eigenvalue weighted by molar-refractivity contribution is -0.141. The summed E-state index contributed by atoms with van der Waals surface area (Å²) in [5.74, 6) is 0.231. The highest BCUT2D eigenvalue weighted by Crippen LogP contribution is 2.31. The fourth-order valence-electron chi connectivity index (χ4n) is 2.20. The molecule has 2 aliphatic rings. The monoisotopic (exact) mass is 302 g/mol. The van der Waals surface area contributed by atoms with Crippen LogP contribution in [0, 0.1) is 5.92 Å². The van der Waals surface area contributed by atoms with E-state index in [1.54, 1.807) is 0 Å². The van der Waals surface area contributed by atoms with Gasteiger partial charge in [-0.3, -0.25) is 4.90 Å². The summed E-state index contributed by atoms with van der Waals surface area (Å²) in [5, 5.41) is 11.9. The summed E-state index contributed by atoms with van der Waals surface area (Å²) in [6.07, 6.45) is 3.24. The quantitative estimate of drug-likeness (QED) is 0.694. The zero-order valence-corrected chi connectivity index (χ0v) is 12.5. The molecule has 1 aliphatic carbocycles. The summed E-state index contributed by atoms with van der Waals surface area (Å²) in [6, 6.07) is -1.03. The molecule has 0 bridgehead atoms. The number of hydrogen-bond donors (Lipinski definition) is 2. The second-order valence-corrected chi connectivity index (χ2v) is 6.42. The number of carboxylic acid groups (broad SMARTS) is 1. The summed E-state index contributed by atoms with van der Waals surface area (Å²) in [7, 11) is 0. The minimum Gasteiger partial charge on any atom is -0.480 e. The van der Waals surface area contributed by atoms with Crippen LogP contribution in [0.4, 0.5) is 4.79 Å². The number of nitrogens with zero attached hydrogens (tertiary/aromatic N) is 1. The van der Waals surface area contributed by atoms with Gasteiger partial charge in [-0.2, -0.15) is 0 Å². The highest BCUT2D eigenvalue weighted by molar-refractivity contribution is 8.00. The number of carbonyl (C=O) groups excluding carboxylic acids is 1. The predicted octanol–water partition coefficient (Wildman–Crippen LogP) is 1.36. The summed E-state index contributed by atoms with van der Waals surface area (Å²) in [6.45, 7) is 3.64. The van der Waals surface area contributed by atoms with E-state index in [9.17, 15) is 9.59 Å². The fourth-order valence-corrected chi connectivity index (χ4v) is 3.54. The van der Waals surface area contributed by atoms with Gasteiger partial charge < -0.3 is 15.2 Å².